The maximum absolute atomic E-state index is 12.1. The average Bonchev–Trinajstić information content (AvgIpc) is 2.68. The predicted molar refractivity (Wildman–Crippen MR) is 57.6 cm³/mol. The number of esters is 1. The molecule has 0 N–H and O–H groups in total. The number of carbonyl (C=O) groups excluding carboxylic acids is 2. The van der Waals surface area contributed by atoms with Gasteiger partial charge in [0.25, 0.3) is 0 Å². The SMILES string of the molecule is COC(=O)[C@@]12CCCC(=O)[C@@H]1[C@@H]1CCC[C@@H]12. The summed E-state index contributed by atoms with van der Waals surface area (Å²) in [5.41, 5.74) is -0.411. The van der Waals surface area contributed by atoms with Gasteiger partial charge in [0.1, 0.15) is 5.78 Å². The van der Waals surface area contributed by atoms with Crippen LogP contribution in [0, 0.1) is 23.2 Å². The molecule has 3 fully saturated rings. The van der Waals surface area contributed by atoms with Gasteiger partial charge in [0.2, 0.25) is 0 Å². The summed E-state index contributed by atoms with van der Waals surface area (Å²) in [6.45, 7) is 0. The molecule has 0 unspecified atom stereocenters. The Bertz CT molecular complexity index is 349. The van der Waals surface area contributed by atoms with Crippen molar-refractivity contribution in [2.75, 3.05) is 7.11 Å². The third kappa shape index (κ3) is 0.994. The van der Waals surface area contributed by atoms with Crippen LogP contribution in [0.25, 0.3) is 0 Å². The zero-order valence-corrected chi connectivity index (χ0v) is 9.70. The summed E-state index contributed by atoms with van der Waals surface area (Å²) >= 11 is 0. The fraction of sp³-hybridized carbons (Fsp3) is 0.846. The zero-order chi connectivity index (χ0) is 11.3. The number of carbonyl (C=O) groups is 2. The van der Waals surface area contributed by atoms with Crippen LogP contribution in [0.4, 0.5) is 0 Å². The van der Waals surface area contributed by atoms with Crippen molar-refractivity contribution in [2.45, 2.75) is 38.5 Å². The summed E-state index contributed by atoms with van der Waals surface area (Å²) < 4.78 is 4.98. The van der Waals surface area contributed by atoms with Crippen LogP contribution in [-0.4, -0.2) is 18.9 Å². The number of ether oxygens (including phenoxy) is 1. The normalized spacial score (nSPS) is 45.6. The minimum atomic E-state index is -0.411. The highest BCUT2D eigenvalue weighted by molar-refractivity contribution is 5.93. The molecule has 16 heavy (non-hydrogen) atoms. The fourth-order valence-electron chi connectivity index (χ4n) is 4.67. The third-order valence-electron chi connectivity index (χ3n) is 5.14. The van der Waals surface area contributed by atoms with E-state index in [-0.39, 0.29) is 11.9 Å². The van der Waals surface area contributed by atoms with Crippen molar-refractivity contribution in [2.24, 2.45) is 23.2 Å². The molecule has 0 amide bonds. The molecule has 3 heteroatoms. The van der Waals surface area contributed by atoms with Crippen LogP contribution in [0.1, 0.15) is 38.5 Å². The van der Waals surface area contributed by atoms with Crippen LogP contribution in [0.2, 0.25) is 0 Å². The number of methoxy groups -OCH3 is 1. The van der Waals surface area contributed by atoms with E-state index in [2.05, 4.69) is 0 Å². The van der Waals surface area contributed by atoms with Crippen molar-refractivity contribution < 1.29 is 14.3 Å². The van der Waals surface area contributed by atoms with E-state index in [1.807, 2.05) is 0 Å². The molecule has 0 heterocycles. The van der Waals surface area contributed by atoms with Gasteiger partial charge in [0.15, 0.2) is 0 Å². The maximum atomic E-state index is 12.1. The van der Waals surface area contributed by atoms with Crippen molar-refractivity contribution in [3.8, 4) is 0 Å². The Morgan fingerprint density at radius 1 is 1.38 bits per heavy atom. The van der Waals surface area contributed by atoms with Crippen molar-refractivity contribution in [3.63, 3.8) is 0 Å². The second kappa shape index (κ2) is 3.31. The van der Waals surface area contributed by atoms with Crippen LogP contribution in [0.3, 0.4) is 0 Å². The molecule has 4 atom stereocenters. The lowest BCUT2D eigenvalue weighted by atomic mass is 9.43. The summed E-state index contributed by atoms with van der Waals surface area (Å²) in [7, 11) is 1.45. The van der Waals surface area contributed by atoms with E-state index in [0.717, 1.165) is 25.7 Å². The highest BCUT2D eigenvalue weighted by atomic mass is 16.5. The van der Waals surface area contributed by atoms with Crippen molar-refractivity contribution in [3.05, 3.63) is 0 Å². The monoisotopic (exact) mass is 222 g/mol. The van der Waals surface area contributed by atoms with Crippen LogP contribution >= 0.6 is 0 Å². The Morgan fingerprint density at radius 3 is 2.94 bits per heavy atom. The molecule has 3 aliphatic carbocycles. The van der Waals surface area contributed by atoms with Crippen LogP contribution in [0.15, 0.2) is 0 Å². The Labute approximate surface area is 95.5 Å². The smallest absolute Gasteiger partial charge is 0.312 e. The molecule has 3 nitrogen and oxygen atoms in total. The lowest BCUT2D eigenvalue weighted by Crippen LogP contribution is -2.63. The molecule has 0 spiro atoms. The van der Waals surface area contributed by atoms with Crippen molar-refractivity contribution in [1.29, 1.82) is 0 Å². The minimum Gasteiger partial charge on any atom is -0.469 e. The fourth-order valence-corrected chi connectivity index (χ4v) is 4.67. The first-order chi connectivity index (χ1) is 7.71. The molecular formula is C13H18O3. The van der Waals surface area contributed by atoms with E-state index < -0.39 is 5.41 Å². The molecule has 3 rings (SSSR count). The average molecular weight is 222 g/mol. The molecule has 0 aromatic rings. The van der Waals surface area contributed by atoms with Gasteiger partial charge in [-0.1, -0.05) is 6.42 Å². The lowest BCUT2D eigenvalue weighted by molar-refractivity contribution is -0.195. The molecule has 3 saturated carbocycles. The molecule has 0 saturated heterocycles. The van der Waals surface area contributed by atoms with E-state index in [9.17, 15) is 9.59 Å². The van der Waals surface area contributed by atoms with Crippen molar-refractivity contribution >= 4 is 11.8 Å². The highest BCUT2D eigenvalue weighted by Crippen LogP contribution is 2.67. The van der Waals surface area contributed by atoms with Crippen LogP contribution < -0.4 is 0 Å². The number of ketones is 1. The quantitative estimate of drug-likeness (QED) is 0.637. The van der Waals surface area contributed by atoms with Gasteiger partial charge >= 0.3 is 5.97 Å². The summed E-state index contributed by atoms with van der Waals surface area (Å²) in [5.74, 6) is 1.13. The van der Waals surface area contributed by atoms with Crippen LogP contribution in [0.5, 0.6) is 0 Å². The molecule has 0 aromatic heterocycles. The summed E-state index contributed by atoms with van der Waals surface area (Å²) in [6, 6.07) is 0. The van der Waals surface area contributed by atoms with Gasteiger partial charge in [-0.3, -0.25) is 9.59 Å². The van der Waals surface area contributed by atoms with E-state index in [4.69, 9.17) is 4.74 Å². The van der Waals surface area contributed by atoms with Gasteiger partial charge < -0.3 is 4.74 Å². The van der Waals surface area contributed by atoms with Gasteiger partial charge in [-0.25, -0.2) is 0 Å². The Hall–Kier alpha value is -0.860. The summed E-state index contributed by atoms with van der Waals surface area (Å²) in [4.78, 5) is 24.1. The predicted octanol–water partition coefficient (Wildman–Crippen LogP) is 1.94. The minimum absolute atomic E-state index is 0.00111. The molecule has 3 aliphatic rings. The largest absolute Gasteiger partial charge is 0.469 e. The van der Waals surface area contributed by atoms with Gasteiger partial charge in [-0.15, -0.1) is 0 Å². The first-order valence-electron chi connectivity index (χ1n) is 6.33. The maximum Gasteiger partial charge on any atom is 0.312 e. The molecule has 0 aromatic carbocycles. The standard InChI is InChI=1S/C13H18O3/c1-16-12(15)13-7-3-6-10(14)11(13)8-4-2-5-9(8)13/h8-9,11H,2-7H2,1H3/t8-,9+,11+,13-/m1/s1. The number of hydrogen-bond acceptors (Lipinski definition) is 3. The third-order valence-corrected chi connectivity index (χ3v) is 5.14. The Morgan fingerprint density at radius 2 is 2.19 bits per heavy atom. The second-order valence-electron chi connectivity index (χ2n) is 5.53. The van der Waals surface area contributed by atoms with E-state index in [1.165, 1.54) is 13.5 Å². The van der Waals surface area contributed by atoms with E-state index in [0.29, 0.717) is 24.0 Å². The van der Waals surface area contributed by atoms with Gasteiger partial charge in [0.05, 0.1) is 12.5 Å². The molecule has 88 valence electrons. The summed E-state index contributed by atoms with van der Waals surface area (Å²) in [6.07, 6.45) is 5.85. The van der Waals surface area contributed by atoms with Crippen LogP contribution in [-0.2, 0) is 14.3 Å². The first-order valence-corrected chi connectivity index (χ1v) is 6.33. The number of hydrogen-bond donors (Lipinski definition) is 0. The molecule has 0 radical (unpaired) electrons. The van der Waals surface area contributed by atoms with Gasteiger partial charge in [0, 0.05) is 12.3 Å². The number of Topliss-reactive ketones (excluding diaryl/α,β-unsaturated/α-hetero) is 1. The summed E-state index contributed by atoms with van der Waals surface area (Å²) in [5, 5.41) is 0. The lowest BCUT2D eigenvalue weighted by Gasteiger charge is -2.58. The Balaban J connectivity index is 1.98. The van der Waals surface area contributed by atoms with E-state index >= 15 is 0 Å². The zero-order valence-electron chi connectivity index (χ0n) is 9.70. The second-order valence-corrected chi connectivity index (χ2v) is 5.53. The van der Waals surface area contributed by atoms with E-state index in [1.54, 1.807) is 0 Å². The van der Waals surface area contributed by atoms with Gasteiger partial charge in [-0.05, 0) is 37.5 Å². The van der Waals surface area contributed by atoms with Crippen molar-refractivity contribution in [1.82, 2.24) is 0 Å². The topological polar surface area (TPSA) is 43.4 Å². The molecular weight excluding hydrogens is 204 g/mol. The first kappa shape index (κ1) is 10.3. The number of rotatable bonds is 1. The number of fused-ring (bicyclic) bond motifs is 4. The molecule has 0 bridgehead atoms. The van der Waals surface area contributed by atoms with Gasteiger partial charge in [-0.2, -0.15) is 0 Å². The highest BCUT2D eigenvalue weighted by Gasteiger charge is 2.70. The Kier molecular flexibility index (Phi) is 2.13. The molecule has 0 aliphatic heterocycles.